The molecule has 1 aliphatic heterocycles. The molecule has 1 atom stereocenters. The predicted molar refractivity (Wildman–Crippen MR) is 40.4 cm³/mol. The van der Waals surface area contributed by atoms with Gasteiger partial charge < -0.3 is 15.2 Å². The molecule has 0 saturated carbocycles. The Morgan fingerprint density at radius 1 is 1.73 bits per heavy atom. The Bertz CT molecular complexity index is 181. The van der Waals surface area contributed by atoms with Gasteiger partial charge in [0.1, 0.15) is 5.75 Å². The summed E-state index contributed by atoms with van der Waals surface area (Å²) in [6.45, 7) is 1.51. The molecular formula is C5H10N2O3S. The van der Waals surface area contributed by atoms with Gasteiger partial charge >= 0.3 is 0 Å². The fraction of sp³-hybridized carbons (Fsp3) is 0.800. The van der Waals surface area contributed by atoms with E-state index in [1.807, 2.05) is 0 Å². The maximum atomic E-state index is 10.8. The van der Waals surface area contributed by atoms with E-state index in [1.165, 1.54) is 0 Å². The highest BCUT2D eigenvalue weighted by molar-refractivity contribution is 7.80. The molecule has 1 aliphatic rings. The molecule has 1 rings (SSSR count). The summed E-state index contributed by atoms with van der Waals surface area (Å²) >= 11 is -2.02. The maximum absolute atomic E-state index is 10.8. The summed E-state index contributed by atoms with van der Waals surface area (Å²) in [5.41, 5.74) is 0. The number of amides is 1. The minimum atomic E-state index is -2.02. The highest BCUT2D eigenvalue weighted by Crippen LogP contribution is 1.89. The van der Waals surface area contributed by atoms with Crippen LogP contribution in [0.4, 0.5) is 0 Å². The van der Waals surface area contributed by atoms with Gasteiger partial charge in [0.2, 0.25) is 5.91 Å². The van der Waals surface area contributed by atoms with Crippen molar-refractivity contribution >= 4 is 17.0 Å². The second kappa shape index (κ2) is 3.80. The van der Waals surface area contributed by atoms with Crippen molar-refractivity contribution in [1.82, 2.24) is 10.6 Å². The molecule has 6 heteroatoms. The Morgan fingerprint density at radius 2 is 2.36 bits per heavy atom. The molecule has 1 amide bonds. The Labute approximate surface area is 66.8 Å². The van der Waals surface area contributed by atoms with E-state index >= 15 is 0 Å². The third kappa shape index (κ3) is 2.96. The van der Waals surface area contributed by atoms with Crippen molar-refractivity contribution < 1.29 is 13.6 Å². The van der Waals surface area contributed by atoms with Crippen LogP contribution >= 0.6 is 0 Å². The SMILES string of the molecule is O=C(CS(=O)O)NC1CNC1. The molecule has 5 nitrogen and oxygen atoms in total. The van der Waals surface area contributed by atoms with Gasteiger partial charge in [-0.25, -0.2) is 4.21 Å². The number of carbonyl (C=O) groups excluding carboxylic acids is 1. The van der Waals surface area contributed by atoms with Gasteiger partial charge in [-0.1, -0.05) is 0 Å². The average molecular weight is 178 g/mol. The molecule has 11 heavy (non-hydrogen) atoms. The van der Waals surface area contributed by atoms with Gasteiger partial charge in [-0.05, 0) is 0 Å². The molecule has 0 aromatic heterocycles. The lowest BCUT2D eigenvalue weighted by Gasteiger charge is -2.27. The highest BCUT2D eigenvalue weighted by Gasteiger charge is 2.19. The highest BCUT2D eigenvalue weighted by atomic mass is 32.2. The molecule has 0 aliphatic carbocycles. The quantitative estimate of drug-likeness (QED) is 0.450. The Morgan fingerprint density at radius 3 is 2.73 bits per heavy atom. The molecule has 0 radical (unpaired) electrons. The minimum absolute atomic E-state index is 0.144. The van der Waals surface area contributed by atoms with Crippen LogP contribution in [0, 0.1) is 0 Å². The largest absolute Gasteiger partial charge is 0.350 e. The van der Waals surface area contributed by atoms with Crippen LogP contribution in [0.1, 0.15) is 0 Å². The standard InChI is InChI=1S/C5H10N2O3S/c8-5(3-11(9)10)7-4-1-6-2-4/h4,6H,1-3H2,(H,7,8)(H,9,10). The monoisotopic (exact) mass is 178 g/mol. The van der Waals surface area contributed by atoms with Crippen LogP contribution in [0.2, 0.25) is 0 Å². The molecule has 1 saturated heterocycles. The van der Waals surface area contributed by atoms with Crippen LogP contribution in [-0.4, -0.2) is 39.6 Å². The van der Waals surface area contributed by atoms with Gasteiger partial charge in [0.25, 0.3) is 0 Å². The molecule has 3 N–H and O–H groups in total. The summed E-state index contributed by atoms with van der Waals surface area (Å²) in [6, 6.07) is 0.144. The topological polar surface area (TPSA) is 78.4 Å². The van der Waals surface area contributed by atoms with Gasteiger partial charge in [-0.3, -0.25) is 4.79 Å². The molecule has 64 valence electrons. The summed E-state index contributed by atoms with van der Waals surface area (Å²) < 4.78 is 18.5. The van der Waals surface area contributed by atoms with Crippen LogP contribution in [-0.2, 0) is 15.9 Å². The normalized spacial score (nSPS) is 20.5. The molecular weight excluding hydrogens is 168 g/mol. The first-order valence-corrected chi connectivity index (χ1v) is 4.53. The smallest absolute Gasteiger partial charge is 0.235 e. The molecule has 1 unspecified atom stereocenters. The summed E-state index contributed by atoms with van der Waals surface area (Å²) in [5, 5.41) is 5.56. The van der Waals surface area contributed by atoms with Crippen LogP contribution in [0.25, 0.3) is 0 Å². The number of hydrogen-bond donors (Lipinski definition) is 3. The van der Waals surface area contributed by atoms with Gasteiger partial charge in [0.15, 0.2) is 11.1 Å². The first-order chi connectivity index (χ1) is 5.18. The van der Waals surface area contributed by atoms with E-state index in [0.717, 1.165) is 13.1 Å². The zero-order chi connectivity index (χ0) is 8.27. The van der Waals surface area contributed by atoms with Crippen molar-refractivity contribution in [2.75, 3.05) is 18.8 Å². The number of rotatable bonds is 3. The van der Waals surface area contributed by atoms with E-state index in [9.17, 15) is 9.00 Å². The lowest BCUT2D eigenvalue weighted by Crippen LogP contribution is -2.57. The first kappa shape index (κ1) is 8.63. The molecule has 0 aromatic rings. The number of hydrogen-bond acceptors (Lipinski definition) is 3. The molecule has 1 heterocycles. The van der Waals surface area contributed by atoms with Crippen LogP contribution < -0.4 is 10.6 Å². The summed E-state index contributed by atoms with van der Waals surface area (Å²) in [7, 11) is 0. The van der Waals surface area contributed by atoms with Crippen LogP contribution in [0.5, 0.6) is 0 Å². The number of nitrogens with one attached hydrogen (secondary N) is 2. The van der Waals surface area contributed by atoms with E-state index < -0.39 is 11.1 Å². The number of carbonyl (C=O) groups is 1. The zero-order valence-electron chi connectivity index (χ0n) is 5.87. The van der Waals surface area contributed by atoms with Gasteiger partial charge in [0.05, 0.1) is 6.04 Å². The van der Waals surface area contributed by atoms with E-state index in [1.54, 1.807) is 0 Å². The maximum Gasteiger partial charge on any atom is 0.235 e. The summed E-state index contributed by atoms with van der Waals surface area (Å²) in [6.07, 6.45) is 0. The Balaban J connectivity index is 2.14. The lowest BCUT2D eigenvalue weighted by molar-refractivity contribution is -0.119. The predicted octanol–water partition coefficient (Wildman–Crippen LogP) is -1.70. The van der Waals surface area contributed by atoms with Crippen molar-refractivity contribution in [3.63, 3.8) is 0 Å². The Kier molecular flexibility index (Phi) is 2.98. The van der Waals surface area contributed by atoms with Crippen molar-refractivity contribution in [3.05, 3.63) is 0 Å². The van der Waals surface area contributed by atoms with E-state index in [2.05, 4.69) is 10.6 Å². The average Bonchev–Trinajstić information content (AvgIpc) is 1.77. The third-order valence-corrected chi connectivity index (χ3v) is 1.91. The van der Waals surface area contributed by atoms with Gasteiger partial charge in [-0.2, -0.15) is 0 Å². The fourth-order valence-electron chi connectivity index (χ4n) is 0.772. The van der Waals surface area contributed by atoms with Crippen molar-refractivity contribution in [1.29, 1.82) is 0 Å². The molecule has 0 aromatic carbocycles. The van der Waals surface area contributed by atoms with Crippen LogP contribution in [0.15, 0.2) is 0 Å². The summed E-state index contributed by atoms with van der Waals surface area (Å²) in [5.74, 6) is -0.686. The molecule has 0 bridgehead atoms. The van der Waals surface area contributed by atoms with Gasteiger partial charge in [-0.15, -0.1) is 0 Å². The first-order valence-electron chi connectivity index (χ1n) is 3.26. The minimum Gasteiger partial charge on any atom is -0.350 e. The van der Waals surface area contributed by atoms with Crippen molar-refractivity contribution in [2.45, 2.75) is 6.04 Å². The second-order valence-corrected chi connectivity index (χ2v) is 3.32. The van der Waals surface area contributed by atoms with E-state index in [0.29, 0.717) is 0 Å². The fourth-order valence-corrected chi connectivity index (χ4v) is 1.08. The molecule has 0 spiro atoms. The molecule has 1 fully saturated rings. The lowest BCUT2D eigenvalue weighted by atomic mass is 10.2. The van der Waals surface area contributed by atoms with E-state index in [4.69, 9.17) is 4.55 Å². The zero-order valence-corrected chi connectivity index (χ0v) is 6.69. The van der Waals surface area contributed by atoms with Crippen molar-refractivity contribution in [2.24, 2.45) is 0 Å². The summed E-state index contributed by atoms with van der Waals surface area (Å²) in [4.78, 5) is 10.8. The Hall–Kier alpha value is -0.460. The van der Waals surface area contributed by atoms with E-state index in [-0.39, 0.29) is 17.7 Å². The van der Waals surface area contributed by atoms with Crippen molar-refractivity contribution in [3.8, 4) is 0 Å². The van der Waals surface area contributed by atoms with Gasteiger partial charge in [0, 0.05) is 13.1 Å². The van der Waals surface area contributed by atoms with Crippen LogP contribution in [0.3, 0.4) is 0 Å². The second-order valence-electron chi connectivity index (χ2n) is 2.39. The third-order valence-electron chi connectivity index (χ3n) is 1.40.